The summed E-state index contributed by atoms with van der Waals surface area (Å²) in [6.07, 6.45) is 0. The fraction of sp³-hybridized carbons (Fsp3) is 0.238. The topological polar surface area (TPSA) is 58.8 Å². The van der Waals surface area contributed by atoms with Crippen LogP contribution in [0.2, 0.25) is 5.02 Å². The highest BCUT2D eigenvalue weighted by Gasteiger charge is 2.25. The summed E-state index contributed by atoms with van der Waals surface area (Å²) in [6.45, 7) is 1.17. The first-order valence-electron chi connectivity index (χ1n) is 9.05. The third kappa shape index (κ3) is 3.94. The first kappa shape index (κ1) is 19.7. The molecule has 0 atom stereocenters. The van der Waals surface area contributed by atoms with E-state index in [4.69, 9.17) is 20.8 Å². The molecular weight excluding hydrogens is 410 g/mol. The number of ether oxygens (including phenoxy) is 1. The van der Waals surface area contributed by atoms with Gasteiger partial charge in [0.1, 0.15) is 0 Å². The van der Waals surface area contributed by atoms with Crippen molar-refractivity contribution in [1.29, 1.82) is 0 Å². The van der Waals surface area contributed by atoms with Crippen molar-refractivity contribution >= 4 is 55.2 Å². The highest BCUT2D eigenvalue weighted by atomic mass is 35.5. The molecule has 0 radical (unpaired) electrons. The summed E-state index contributed by atoms with van der Waals surface area (Å²) < 4.78 is 12.2. The number of fused-ring (bicyclic) bond motifs is 2. The highest BCUT2D eigenvalue weighted by Crippen LogP contribution is 2.33. The largest absolute Gasteiger partial charge is 0.493 e. The van der Waals surface area contributed by atoms with Crippen LogP contribution in [0.3, 0.4) is 0 Å². The molecule has 0 aliphatic rings. The summed E-state index contributed by atoms with van der Waals surface area (Å²) in [4.78, 5) is 21.7. The Morgan fingerprint density at radius 1 is 1.21 bits per heavy atom. The maximum absolute atomic E-state index is 13.4. The molecule has 2 aromatic carbocycles. The SMILES string of the molecule is COc1cccc2cc(C(=O)N(CCN(C)C)c3nc4ccc(Cl)cc4s3)oc12. The van der Waals surface area contributed by atoms with Crippen molar-refractivity contribution in [3.05, 3.63) is 53.2 Å². The average molecular weight is 430 g/mol. The van der Waals surface area contributed by atoms with E-state index in [1.54, 1.807) is 30.2 Å². The van der Waals surface area contributed by atoms with E-state index in [0.717, 1.165) is 15.6 Å². The number of hydrogen-bond acceptors (Lipinski definition) is 6. The van der Waals surface area contributed by atoms with Crippen molar-refractivity contribution in [2.75, 3.05) is 39.2 Å². The Labute approximate surface area is 177 Å². The van der Waals surface area contributed by atoms with Gasteiger partial charge in [-0.3, -0.25) is 9.69 Å². The summed E-state index contributed by atoms with van der Waals surface area (Å²) in [7, 11) is 5.51. The van der Waals surface area contributed by atoms with Gasteiger partial charge in [0.15, 0.2) is 22.2 Å². The van der Waals surface area contributed by atoms with Crippen LogP contribution in [0.15, 0.2) is 46.9 Å². The van der Waals surface area contributed by atoms with E-state index in [9.17, 15) is 4.79 Å². The lowest BCUT2D eigenvalue weighted by Gasteiger charge is -2.20. The number of furan rings is 1. The van der Waals surface area contributed by atoms with Crippen LogP contribution in [0.25, 0.3) is 21.2 Å². The second-order valence-electron chi connectivity index (χ2n) is 6.86. The number of thiazole rings is 1. The molecule has 0 unspecified atom stereocenters. The fourth-order valence-electron chi connectivity index (χ4n) is 3.02. The van der Waals surface area contributed by atoms with Gasteiger partial charge in [-0.25, -0.2) is 4.98 Å². The number of carbonyl (C=O) groups excluding carboxylic acids is 1. The second-order valence-corrected chi connectivity index (χ2v) is 8.30. The maximum Gasteiger partial charge on any atom is 0.295 e. The molecule has 0 spiro atoms. The lowest BCUT2D eigenvalue weighted by Crippen LogP contribution is -2.36. The van der Waals surface area contributed by atoms with E-state index in [1.807, 2.05) is 43.3 Å². The molecule has 0 bridgehead atoms. The number of benzene rings is 2. The monoisotopic (exact) mass is 429 g/mol. The van der Waals surface area contributed by atoms with E-state index in [1.165, 1.54) is 11.3 Å². The minimum atomic E-state index is -0.241. The van der Waals surface area contributed by atoms with Gasteiger partial charge in [-0.1, -0.05) is 35.1 Å². The number of nitrogens with zero attached hydrogens (tertiary/aromatic N) is 3. The first-order chi connectivity index (χ1) is 14.0. The van der Waals surface area contributed by atoms with Gasteiger partial charge in [-0.05, 0) is 44.4 Å². The molecule has 0 saturated heterocycles. The van der Waals surface area contributed by atoms with E-state index >= 15 is 0 Å². The molecule has 8 heteroatoms. The van der Waals surface area contributed by atoms with Crippen molar-refractivity contribution in [2.45, 2.75) is 0 Å². The Kier molecular flexibility index (Phi) is 5.45. The molecule has 150 valence electrons. The van der Waals surface area contributed by atoms with Gasteiger partial charge in [0.25, 0.3) is 5.91 Å². The molecule has 1 amide bonds. The second kappa shape index (κ2) is 8.02. The Morgan fingerprint density at radius 3 is 2.79 bits per heavy atom. The van der Waals surface area contributed by atoms with Crippen LogP contribution in [0.5, 0.6) is 5.75 Å². The molecule has 4 aromatic rings. The van der Waals surface area contributed by atoms with Crippen molar-refractivity contribution < 1.29 is 13.9 Å². The van der Waals surface area contributed by atoms with Gasteiger partial charge < -0.3 is 14.1 Å². The Balaban J connectivity index is 1.75. The smallest absolute Gasteiger partial charge is 0.295 e. The number of rotatable bonds is 6. The van der Waals surface area contributed by atoms with Gasteiger partial charge in [0.2, 0.25) is 0 Å². The van der Waals surface area contributed by atoms with Gasteiger partial charge in [0, 0.05) is 23.5 Å². The van der Waals surface area contributed by atoms with Crippen LogP contribution in [0.1, 0.15) is 10.6 Å². The average Bonchev–Trinajstić information content (AvgIpc) is 3.31. The number of carbonyl (C=O) groups is 1. The molecule has 0 fully saturated rings. The molecule has 2 heterocycles. The van der Waals surface area contributed by atoms with E-state index in [-0.39, 0.29) is 11.7 Å². The van der Waals surface area contributed by atoms with E-state index in [0.29, 0.717) is 34.6 Å². The zero-order valence-electron chi connectivity index (χ0n) is 16.3. The van der Waals surface area contributed by atoms with Crippen LogP contribution in [0, 0.1) is 0 Å². The summed E-state index contributed by atoms with van der Waals surface area (Å²) >= 11 is 7.54. The van der Waals surface area contributed by atoms with Crippen LogP contribution >= 0.6 is 22.9 Å². The normalized spacial score (nSPS) is 11.5. The summed E-state index contributed by atoms with van der Waals surface area (Å²) in [6, 6.07) is 12.8. The van der Waals surface area contributed by atoms with E-state index < -0.39 is 0 Å². The fourth-order valence-corrected chi connectivity index (χ4v) is 4.29. The molecular formula is C21H20ClN3O3S. The number of anilines is 1. The molecule has 6 nitrogen and oxygen atoms in total. The number of likely N-dealkylation sites (N-methyl/N-ethyl adjacent to an activating group) is 1. The summed E-state index contributed by atoms with van der Waals surface area (Å²) in [5.74, 6) is 0.604. The minimum Gasteiger partial charge on any atom is -0.493 e. The zero-order chi connectivity index (χ0) is 20.5. The van der Waals surface area contributed by atoms with Crippen LogP contribution in [0.4, 0.5) is 5.13 Å². The number of halogens is 1. The standard InChI is InChI=1S/C21H20ClN3O3S/c1-24(2)9-10-25(21-23-15-8-7-14(22)12-18(15)29-21)20(26)17-11-13-5-4-6-16(27-3)19(13)28-17/h4-8,11-12H,9-10H2,1-3H3. The van der Waals surface area contributed by atoms with Crippen LogP contribution < -0.4 is 9.64 Å². The van der Waals surface area contributed by atoms with Crippen molar-refractivity contribution in [3.8, 4) is 5.75 Å². The van der Waals surface area contributed by atoms with Crippen molar-refractivity contribution in [2.24, 2.45) is 0 Å². The first-order valence-corrected chi connectivity index (χ1v) is 10.2. The molecule has 0 N–H and O–H groups in total. The van der Waals surface area contributed by atoms with Gasteiger partial charge >= 0.3 is 0 Å². The summed E-state index contributed by atoms with van der Waals surface area (Å²) in [5, 5.41) is 2.07. The highest BCUT2D eigenvalue weighted by molar-refractivity contribution is 7.22. The third-order valence-electron chi connectivity index (χ3n) is 4.52. The number of para-hydroxylation sites is 1. The van der Waals surface area contributed by atoms with Gasteiger partial charge in [0.05, 0.1) is 17.3 Å². The van der Waals surface area contributed by atoms with Gasteiger partial charge in [-0.15, -0.1) is 0 Å². The maximum atomic E-state index is 13.4. The predicted molar refractivity (Wildman–Crippen MR) is 118 cm³/mol. The van der Waals surface area contributed by atoms with Crippen LogP contribution in [-0.2, 0) is 0 Å². The quantitative estimate of drug-likeness (QED) is 0.435. The predicted octanol–water partition coefficient (Wildman–Crippen LogP) is 4.91. The third-order valence-corrected chi connectivity index (χ3v) is 5.80. The number of methoxy groups -OCH3 is 1. The molecule has 0 aliphatic heterocycles. The zero-order valence-corrected chi connectivity index (χ0v) is 17.9. The summed E-state index contributed by atoms with van der Waals surface area (Å²) in [5.41, 5.74) is 1.37. The van der Waals surface area contributed by atoms with Crippen LogP contribution in [-0.4, -0.2) is 50.1 Å². The van der Waals surface area contributed by atoms with E-state index in [2.05, 4.69) is 4.98 Å². The molecule has 0 saturated carbocycles. The molecule has 0 aliphatic carbocycles. The van der Waals surface area contributed by atoms with Gasteiger partial charge in [-0.2, -0.15) is 0 Å². The van der Waals surface area contributed by atoms with Crippen molar-refractivity contribution in [3.63, 3.8) is 0 Å². The Bertz CT molecular complexity index is 1180. The molecule has 4 rings (SSSR count). The number of hydrogen-bond donors (Lipinski definition) is 0. The Morgan fingerprint density at radius 2 is 2.03 bits per heavy atom. The molecule has 29 heavy (non-hydrogen) atoms. The van der Waals surface area contributed by atoms with Crippen molar-refractivity contribution in [1.82, 2.24) is 9.88 Å². The number of amides is 1. The minimum absolute atomic E-state index is 0.241. The molecule has 2 aromatic heterocycles. The lowest BCUT2D eigenvalue weighted by molar-refractivity contribution is 0.0960. The Hall–Kier alpha value is -2.61. The number of aromatic nitrogens is 1. The lowest BCUT2D eigenvalue weighted by atomic mass is 10.2.